The SMILES string of the molecule is O=C(O)/C=C(/C(=O)O)c1ccc2c(c1)CCCCC2.OCCN1CCCCC1. The van der Waals surface area contributed by atoms with Gasteiger partial charge in [-0.1, -0.05) is 31.0 Å². The number of aliphatic hydroxyl groups is 1. The molecule has 1 aliphatic heterocycles. The lowest BCUT2D eigenvalue weighted by molar-refractivity contribution is -0.133. The minimum absolute atomic E-state index is 0.167. The molecular formula is C22H31NO5. The number of aliphatic carboxylic acids is 2. The van der Waals surface area contributed by atoms with Crippen molar-refractivity contribution in [2.45, 2.75) is 51.4 Å². The first-order chi connectivity index (χ1) is 13.5. The number of aliphatic hydroxyl groups excluding tert-OH is 1. The molecule has 6 heteroatoms. The molecule has 3 rings (SSSR count). The number of carboxylic acid groups (broad SMARTS) is 2. The third-order valence-corrected chi connectivity index (χ3v) is 5.27. The lowest BCUT2D eigenvalue weighted by atomic mass is 9.96. The van der Waals surface area contributed by atoms with Crippen molar-refractivity contribution in [1.29, 1.82) is 0 Å². The number of benzene rings is 1. The number of piperidine rings is 1. The highest BCUT2D eigenvalue weighted by Gasteiger charge is 2.15. The number of rotatable bonds is 5. The number of carboxylic acids is 2. The van der Waals surface area contributed by atoms with Crippen LogP contribution in [0.5, 0.6) is 0 Å². The van der Waals surface area contributed by atoms with Gasteiger partial charge in [0.2, 0.25) is 0 Å². The minimum Gasteiger partial charge on any atom is -0.478 e. The highest BCUT2D eigenvalue weighted by Crippen LogP contribution is 2.25. The van der Waals surface area contributed by atoms with Crippen molar-refractivity contribution < 1.29 is 24.9 Å². The molecule has 3 N–H and O–H groups in total. The smallest absolute Gasteiger partial charge is 0.336 e. The van der Waals surface area contributed by atoms with Crippen molar-refractivity contribution in [3.8, 4) is 0 Å². The van der Waals surface area contributed by atoms with E-state index >= 15 is 0 Å². The average molecular weight is 389 g/mol. The van der Waals surface area contributed by atoms with Crippen LogP contribution in [0.3, 0.4) is 0 Å². The molecule has 1 aromatic carbocycles. The molecule has 0 bridgehead atoms. The van der Waals surface area contributed by atoms with E-state index in [2.05, 4.69) is 4.90 Å². The lowest BCUT2D eigenvalue weighted by Crippen LogP contribution is -2.31. The minimum atomic E-state index is -1.24. The summed E-state index contributed by atoms with van der Waals surface area (Å²) in [6.07, 6.45) is 10.2. The standard InChI is InChI=1S/C15H16O4.C7H15NO/c16-14(17)9-13(15(18)19)12-7-6-10-4-2-1-3-5-11(10)8-12;9-7-6-8-4-2-1-3-5-8/h6-9H,1-5H2,(H,16,17)(H,18,19);9H,1-7H2/b13-9+;. The monoisotopic (exact) mass is 389 g/mol. The van der Waals surface area contributed by atoms with Gasteiger partial charge in [-0.15, -0.1) is 0 Å². The maximum Gasteiger partial charge on any atom is 0.336 e. The summed E-state index contributed by atoms with van der Waals surface area (Å²) >= 11 is 0. The molecule has 1 aromatic rings. The summed E-state index contributed by atoms with van der Waals surface area (Å²) in [6.45, 7) is 3.58. The van der Waals surface area contributed by atoms with Crippen molar-refractivity contribution in [3.63, 3.8) is 0 Å². The Morgan fingerprint density at radius 3 is 2.18 bits per heavy atom. The summed E-state index contributed by atoms with van der Waals surface area (Å²) in [6, 6.07) is 5.45. The quantitative estimate of drug-likeness (QED) is 0.529. The van der Waals surface area contributed by atoms with E-state index < -0.39 is 11.9 Å². The maximum absolute atomic E-state index is 11.1. The molecule has 1 fully saturated rings. The molecule has 0 saturated carbocycles. The molecule has 154 valence electrons. The topological polar surface area (TPSA) is 98.1 Å². The van der Waals surface area contributed by atoms with Crippen LogP contribution in [0.1, 0.15) is 55.2 Å². The molecule has 1 aliphatic carbocycles. The van der Waals surface area contributed by atoms with Gasteiger partial charge in [0.25, 0.3) is 0 Å². The van der Waals surface area contributed by atoms with Gasteiger partial charge in [0.15, 0.2) is 0 Å². The van der Waals surface area contributed by atoms with Crippen LogP contribution in [-0.2, 0) is 22.4 Å². The van der Waals surface area contributed by atoms with E-state index in [1.54, 1.807) is 6.07 Å². The van der Waals surface area contributed by atoms with E-state index in [1.807, 2.05) is 12.1 Å². The average Bonchev–Trinajstić information content (AvgIpc) is 2.92. The first-order valence-corrected chi connectivity index (χ1v) is 10.1. The zero-order valence-electron chi connectivity index (χ0n) is 16.4. The Balaban J connectivity index is 0.000000261. The van der Waals surface area contributed by atoms with Crippen LogP contribution in [0.25, 0.3) is 5.57 Å². The molecule has 2 aliphatic rings. The number of hydrogen-bond acceptors (Lipinski definition) is 4. The number of hydrogen-bond donors (Lipinski definition) is 3. The van der Waals surface area contributed by atoms with Crippen LogP contribution < -0.4 is 0 Å². The molecule has 28 heavy (non-hydrogen) atoms. The number of β-amino-alcohol motifs (C(OH)–C–C–N with tert-alkyl or cyclic N) is 1. The van der Waals surface area contributed by atoms with E-state index in [-0.39, 0.29) is 5.57 Å². The molecule has 0 spiro atoms. The Kier molecular flexibility index (Phi) is 9.17. The highest BCUT2D eigenvalue weighted by atomic mass is 16.4. The first-order valence-electron chi connectivity index (χ1n) is 10.1. The van der Waals surface area contributed by atoms with Crippen LogP contribution in [0.2, 0.25) is 0 Å². The molecule has 0 unspecified atom stereocenters. The van der Waals surface area contributed by atoms with Crippen molar-refractivity contribution in [1.82, 2.24) is 4.90 Å². The van der Waals surface area contributed by atoms with Gasteiger partial charge in [0, 0.05) is 12.6 Å². The Morgan fingerprint density at radius 2 is 1.57 bits per heavy atom. The van der Waals surface area contributed by atoms with Crippen molar-refractivity contribution in [2.75, 3.05) is 26.2 Å². The number of fused-ring (bicyclic) bond motifs is 1. The summed E-state index contributed by atoms with van der Waals surface area (Å²) in [5.41, 5.74) is 2.70. The van der Waals surface area contributed by atoms with E-state index in [0.717, 1.165) is 43.9 Å². The number of aryl methyl sites for hydroxylation is 2. The summed E-state index contributed by atoms with van der Waals surface area (Å²) in [4.78, 5) is 24.2. The first kappa shape index (κ1) is 22.1. The Morgan fingerprint density at radius 1 is 0.929 bits per heavy atom. The summed E-state index contributed by atoms with van der Waals surface area (Å²) < 4.78 is 0. The van der Waals surface area contributed by atoms with Gasteiger partial charge >= 0.3 is 11.9 Å². The maximum atomic E-state index is 11.1. The number of carbonyl (C=O) groups is 2. The summed E-state index contributed by atoms with van der Waals surface area (Å²) in [5, 5.41) is 26.4. The fourth-order valence-corrected chi connectivity index (χ4v) is 3.79. The van der Waals surface area contributed by atoms with Crippen LogP contribution in [0.15, 0.2) is 24.3 Å². The van der Waals surface area contributed by atoms with Crippen LogP contribution in [0, 0.1) is 0 Å². The predicted octanol–water partition coefficient (Wildman–Crippen LogP) is 2.97. The van der Waals surface area contributed by atoms with Gasteiger partial charge in [-0.05, 0) is 68.3 Å². The highest BCUT2D eigenvalue weighted by molar-refractivity contribution is 6.19. The summed E-state index contributed by atoms with van der Waals surface area (Å²) in [5.74, 6) is -2.46. The molecule has 0 aromatic heterocycles. The third kappa shape index (κ3) is 7.09. The van der Waals surface area contributed by atoms with Gasteiger partial charge in [0.05, 0.1) is 12.2 Å². The predicted molar refractivity (Wildman–Crippen MR) is 108 cm³/mol. The third-order valence-electron chi connectivity index (χ3n) is 5.27. The molecule has 0 amide bonds. The van der Waals surface area contributed by atoms with Gasteiger partial charge in [-0.25, -0.2) is 9.59 Å². The zero-order chi connectivity index (χ0) is 20.4. The van der Waals surface area contributed by atoms with Gasteiger partial charge in [0.1, 0.15) is 0 Å². The van der Waals surface area contributed by atoms with Crippen LogP contribution >= 0.6 is 0 Å². The molecule has 0 radical (unpaired) electrons. The Hall–Kier alpha value is -2.18. The van der Waals surface area contributed by atoms with Gasteiger partial charge in [-0.2, -0.15) is 0 Å². The van der Waals surface area contributed by atoms with Crippen LogP contribution in [0.4, 0.5) is 0 Å². The van der Waals surface area contributed by atoms with E-state index in [9.17, 15) is 9.59 Å². The largest absolute Gasteiger partial charge is 0.478 e. The molecule has 1 saturated heterocycles. The van der Waals surface area contributed by atoms with E-state index in [4.69, 9.17) is 15.3 Å². The van der Waals surface area contributed by atoms with E-state index in [1.165, 1.54) is 44.3 Å². The fraction of sp³-hybridized carbons (Fsp3) is 0.545. The number of nitrogens with zero attached hydrogens (tertiary/aromatic N) is 1. The van der Waals surface area contributed by atoms with Gasteiger partial charge in [-0.3, -0.25) is 0 Å². The van der Waals surface area contributed by atoms with Crippen molar-refractivity contribution in [2.24, 2.45) is 0 Å². The Bertz CT molecular complexity index is 689. The second-order valence-electron chi connectivity index (χ2n) is 7.37. The van der Waals surface area contributed by atoms with Gasteiger partial charge < -0.3 is 20.2 Å². The summed E-state index contributed by atoms with van der Waals surface area (Å²) in [7, 11) is 0. The van der Waals surface area contributed by atoms with Crippen molar-refractivity contribution in [3.05, 3.63) is 41.0 Å². The molecule has 6 nitrogen and oxygen atoms in total. The molecular weight excluding hydrogens is 358 g/mol. The lowest BCUT2D eigenvalue weighted by Gasteiger charge is -2.25. The van der Waals surface area contributed by atoms with Crippen LogP contribution in [-0.4, -0.2) is 58.4 Å². The normalized spacial score (nSPS) is 17.7. The zero-order valence-corrected chi connectivity index (χ0v) is 16.4. The molecule has 1 heterocycles. The second kappa shape index (κ2) is 11.6. The second-order valence-corrected chi connectivity index (χ2v) is 7.37. The Labute approximate surface area is 166 Å². The van der Waals surface area contributed by atoms with E-state index in [0.29, 0.717) is 12.2 Å². The van der Waals surface area contributed by atoms with Crippen molar-refractivity contribution >= 4 is 17.5 Å². The fourth-order valence-electron chi connectivity index (χ4n) is 3.79. The number of likely N-dealkylation sites (tertiary alicyclic amines) is 1. The molecule has 0 atom stereocenters.